The van der Waals surface area contributed by atoms with E-state index < -0.39 is 44.0 Å². The van der Waals surface area contributed by atoms with Crippen molar-refractivity contribution in [2.24, 2.45) is 11.3 Å². The average Bonchev–Trinajstić information content (AvgIpc) is 3.69. The minimum atomic E-state index is -4.59. The van der Waals surface area contributed by atoms with Gasteiger partial charge in [-0.3, -0.25) is 19.8 Å². The number of nitrogens with one attached hydrogen (secondary N) is 3. The molecule has 3 N–H and O–H groups in total. The smallest absolute Gasteiger partial charge is 0.389 e. The van der Waals surface area contributed by atoms with Crippen LogP contribution >= 0.6 is 0 Å². The fourth-order valence-electron chi connectivity index (χ4n) is 8.35. The number of hydrogen-bond donors (Lipinski definition) is 3. The number of nitro benzene ring substituents is 1. The van der Waals surface area contributed by atoms with Gasteiger partial charge in [0.1, 0.15) is 22.8 Å². The van der Waals surface area contributed by atoms with Crippen LogP contribution in [0.1, 0.15) is 75.6 Å². The molecule has 2 fully saturated rings. The van der Waals surface area contributed by atoms with E-state index in [1.807, 2.05) is 6.07 Å². The predicted octanol–water partition coefficient (Wildman–Crippen LogP) is 8.58. The number of piperazine rings is 1. The quantitative estimate of drug-likeness (QED) is 0.0594. The fourth-order valence-corrected chi connectivity index (χ4v) is 9.34. The van der Waals surface area contributed by atoms with Crippen molar-refractivity contribution in [1.82, 2.24) is 19.6 Å². The number of halogens is 3. The summed E-state index contributed by atoms with van der Waals surface area (Å²) in [5, 5.41) is 15.9. The molecule has 3 aliphatic rings. The minimum Gasteiger partial charge on any atom is -0.455 e. The van der Waals surface area contributed by atoms with Crippen molar-refractivity contribution in [3.8, 4) is 11.5 Å². The maximum atomic E-state index is 13.9. The van der Waals surface area contributed by atoms with Gasteiger partial charge in [-0.05, 0) is 92.7 Å². The molecule has 14 nitrogen and oxygen atoms in total. The molecule has 2 aliphatic heterocycles. The third-order valence-electron chi connectivity index (χ3n) is 11.8. The monoisotopic (exact) mass is 867 g/mol. The molecule has 0 atom stereocenters. The molecule has 0 bridgehead atoms. The Hall–Kier alpha value is -5.20. The molecule has 7 rings (SSSR count). The van der Waals surface area contributed by atoms with E-state index in [4.69, 9.17) is 9.47 Å². The van der Waals surface area contributed by atoms with E-state index in [0.29, 0.717) is 70.3 Å². The van der Waals surface area contributed by atoms with E-state index in [1.165, 1.54) is 30.0 Å². The first kappa shape index (κ1) is 43.9. The highest BCUT2D eigenvalue weighted by Crippen LogP contribution is 2.42. The van der Waals surface area contributed by atoms with Crippen LogP contribution in [0.4, 0.5) is 30.2 Å². The van der Waals surface area contributed by atoms with E-state index in [0.717, 1.165) is 54.8 Å². The number of allylic oxidation sites excluding steroid dienone is 1. The number of benzene rings is 2. The van der Waals surface area contributed by atoms with E-state index in [-0.39, 0.29) is 34.8 Å². The number of nitro groups is 1. The minimum absolute atomic E-state index is 0.0564. The number of amides is 1. The second-order valence-corrected chi connectivity index (χ2v) is 18.6. The lowest BCUT2D eigenvalue weighted by atomic mass is 9.73. The summed E-state index contributed by atoms with van der Waals surface area (Å²) in [6.07, 6.45) is 3.08. The first-order valence-corrected chi connectivity index (χ1v) is 22.2. The molecular weight excluding hydrogens is 816 g/mol. The number of ether oxygens (including phenoxy) is 2. The van der Waals surface area contributed by atoms with Gasteiger partial charge >= 0.3 is 6.18 Å². The normalized spacial score (nSPS) is 18.0. The molecule has 2 aromatic heterocycles. The van der Waals surface area contributed by atoms with Crippen molar-refractivity contribution < 1.29 is 40.8 Å². The van der Waals surface area contributed by atoms with Crippen molar-refractivity contribution in [2.75, 3.05) is 62.7 Å². The number of aromatic amines is 1. The molecule has 18 heteroatoms. The first-order chi connectivity index (χ1) is 29.0. The summed E-state index contributed by atoms with van der Waals surface area (Å²) in [5.74, 6) is -0.368. The van der Waals surface area contributed by atoms with E-state index >= 15 is 0 Å². The number of nitrogens with zero attached hydrogens (tertiary/aromatic N) is 4. The van der Waals surface area contributed by atoms with Crippen LogP contribution in [0.15, 0.2) is 77.0 Å². The van der Waals surface area contributed by atoms with Crippen molar-refractivity contribution >= 4 is 44.0 Å². The zero-order valence-corrected chi connectivity index (χ0v) is 35.2. The molecule has 1 aliphatic carbocycles. The molecule has 328 valence electrons. The van der Waals surface area contributed by atoms with Crippen LogP contribution in [0.5, 0.6) is 11.5 Å². The van der Waals surface area contributed by atoms with Gasteiger partial charge in [-0.15, -0.1) is 0 Å². The van der Waals surface area contributed by atoms with Gasteiger partial charge < -0.3 is 24.7 Å². The molecule has 0 unspecified atom stereocenters. The Kier molecular flexibility index (Phi) is 13.2. The predicted molar refractivity (Wildman–Crippen MR) is 226 cm³/mol. The average molecular weight is 868 g/mol. The Bertz CT molecular complexity index is 2370. The summed E-state index contributed by atoms with van der Waals surface area (Å²) in [6.45, 7) is 9.38. The number of pyridine rings is 1. The van der Waals surface area contributed by atoms with Gasteiger partial charge in [0.2, 0.25) is 0 Å². The standard InChI is InChI=1S/C43H52F3N7O7S/c1-42(2)14-9-32(31(25-42)4-3-13-43(44,45)46)28-51-16-18-52(19-17-51)33-5-7-36(39(23-33)60-34-22-30-10-15-47-40(30)49-27-34)41(54)50-61(57,58)35-6-8-37(38(24-35)53(55)56)48-26-29-11-20-59-21-12-29/h5-8,10,15,22-24,27,29,48H,3-4,9,11-14,16-21,25-26,28H2,1-2H3,(H,47,49)(H,50,54). The summed E-state index contributed by atoms with van der Waals surface area (Å²) in [6, 6.07) is 11.9. The Morgan fingerprint density at radius 3 is 2.57 bits per heavy atom. The molecule has 0 radical (unpaired) electrons. The SMILES string of the molecule is CC1(C)CCC(CN2CCN(c3ccc(C(=O)NS(=O)(=O)c4ccc(NCC5CCOCC5)c([N+](=O)[O-])c4)c(Oc4cnc5[nH]ccc5c4)c3)CC2)=C(CCCC(F)(F)F)C1. The second kappa shape index (κ2) is 18.4. The topological polar surface area (TPSA) is 172 Å². The number of fused-ring (bicyclic) bond motifs is 1. The van der Waals surface area contributed by atoms with Crippen LogP contribution in [0, 0.1) is 21.4 Å². The van der Waals surface area contributed by atoms with Gasteiger partial charge in [-0.25, -0.2) is 18.1 Å². The molecular formula is C43H52F3N7O7S. The summed E-state index contributed by atoms with van der Waals surface area (Å²) < 4.78 is 79.9. The number of alkyl halides is 3. The zero-order chi connectivity index (χ0) is 43.4. The lowest BCUT2D eigenvalue weighted by Crippen LogP contribution is -2.47. The molecule has 4 aromatic rings. The number of H-pyrrole nitrogens is 1. The third-order valence-corrected chi connectivity index (χ3v) is 13.2. The van der Waals surface area contributed by atoms with Gasteiger partial charge in [-0.2, -0.15) is 13.2 Å². The Labute approximate surface area is 353 Å². The summed E-state index contributed by atoms with van der Waals surface area (Å²) in [7, 11) is -4.59. The second-order valence-electron chi connectivity index (χ2n) is 17.0. The van der Waals surface area contributed by atoms with E-state index in [9.17, 15) is 36.5 Å². The summed E-state index contributed by atoms with van der Waals surface area (Å²) >= 11 is 0. The number of sulfonamides is 1. The Balaban J connectivity index is 1.07. The Morgan fingerprint density at radius 2 is 1.84 bits per heavy atom. The highest BCUT2D eigenvalue weighted by molar-refractivity contribution is 7.90. The number of hydrogen-bond acceptors (Lipinski definition) is 11. The summed E-state index contributed by atoms with van der Waals surface area (Å²) in [4.78, 5) is 36.6. The third kappa shape index (κ3) is 11.4. The Morgan fingerprint density at radius 1 is 1.07 bits per heavy atom. The number of anilines is 2. The largest absolute Gasteiger partial charge is 0.455 e. The van der Waals surface area contributed by atoms with Crippen molar-refractivity contribution in [2.45, 2.75) is 76.3 Å². The van der Waals surface area contributed by atoms with Crippen LogP contribution in [-0.2, 0) is 14.8 Å². The molecule has 4 heterocycles. The highest BCUT2D eigenvalue weighted by atomic mass is 32.2. The maximum absolute atomic E-state index is 13.9. The van der Waals surface area contributed by atoms with Gasteiger partial charge in [0.15, 0.2) is 0 Å². The van der Waals surface area contributed by atoms with Gasteiger partial charge in [0.25, 0.3) is 21.6 Å². The highest BCUT2D eigenvalue weighted by Gasteiger charge is 2.32. The van der Waals surface area contributed by atoms with Gasteiger partial charge in [0, 0.05) is 88.3 Å². The molecule has 61 heavy (non-hydrogen) atoms. The van der Waals surface area contributed by atoms with Crippen molar-refractivity contribution in [3.63, 3.8) is 0 Å². The molecule has 0 saturated carbocycles. The number of carbonyl (C=O) groups excluding carboxylic acids is 1. The van der Waals surface area contributed by atoms with Crippen molar-refractivity contribution in [1.29, 1.82) is 0 Å². The lowest BCUT2D eigenvalue weighted by molar-refractivity contribution is -0.384. The lowest BCUT2D eigenvalue weighted by Gasteiger charge is -2.39. The van der Waals surface area contributed by atoms with Crippen molar-refractivity contribution in [3.05, 3.63) is 87.7 Å². The van der Waals surface area contributed by atoms with Crippen LogP contribution in [0.2, 0.25) is 0 Å². The molecule has 1 amide bonds. The van der Waals surface area contributed by atoms with E-state index in [2.05, 4.69) is 43.7 Å². The number of carbonyl (C=O) groups is 1. The summed E-state index contributed by atoms with van der Waals surface area (Å²) in [5.41, 5.74) is 3.46. The van der Waals surface area contributed by atoms with Crippen LogP contribution < -0.4 is 19.7 Å². The number of aromatic nitrogens is 2. The van der Waals surface area contributed by atoms with Crippen LogP contribution in [0.3, 0.4) is 0 Å². The fraction of sp³-hybridized carbons (Fsp3) is 0.488. The molecule has 2 saturated heterocycles. The maximum Gasteiger partial charge on any atom is 0.389 e. The van der Waals surface area contributed by atoms with Crippen LogP contribution in [0.25, 0.3) is 11.0 Å². The van der Waals surface area contributed by atoms with Gasteiger partial charge in [0.05, 0.1) is 21.6 Å². The van der Waals surface area contributed by atoms with Gasteiger partial charge in [-0.1, -0.05) is 25.0 Å². The molecule has 2 aromatic carbocycles. The number of rotatable bonds is 15. The molecule has 0 spiro atoms. The zero-order valence-electron chi connectivity index (χ0n) is 34.4. The van der Waals surface area contributed by atoms with Crippen LogP contribution in [-0.4, -0.2) is 92.8 Å². The first-order valence-electron chi connectivity index (χ1n) is 20.7. The van der Waals surface area contributed by atoms with E-state index in [1.54, 1.807) is 24.4 Å².